The molecule has 2 aromatic heterocycles. The number of benzene rings is 1. The Morgan fingerprint density at radius 1 is 1.32 bits per heavy atom. The number of hydrogen-bond donors (Lipinski definition) is 4. The summed E-state index contributed by atoms with van der Waals surface area (Å²) in [5.74, 6) is -1.23. The van der Waals surface area contributed by atoms with Crippen LogP contribution in [0, 0.1) is 0 Å². The number of nitrogens with one attached hydrogen (secondary N) is 2. The van der Waals surface area contributed by atoms with Crippen LogP contribution in [0.25, 0.3) is 11.2 Å². The summed E-state index contributed by atoms with van der Waals surface area (Å²) in [6, 6.07) is 6.15. The van der Waals surface area contributed by atoms with Crippen LogP contribution < -0.4 is 20.9 Å². The van der Waals surface area contributed by atoms with Crippen LogP contribution in [0.1, 0.15) is 27.0 Å². The number of aliphatic hydroxyl groups is 1. The second-order valence-electron chi connectivity index (χ2n) is 9.44. The number of alkyl halides is 3. The van der Waals surface area contributed by atoms with E-state index in [9.17, 15) is 28.0 Å². The zero-order valence-electron chi connectivity index (χ0n) is 21.9. The first-order chi connectivity index (χ1) is 19.3. The lowest BCUT2D eigenvalue weighted by Crippen LogP contribution is -2.52. The van der Waals surface area contributed by atoms with Crippen LogP contribution >= 0.6 is 7.75 Å². The van der Waals surface area contributed by atoms with E-state index in [1.54, 1.807) is 19.9 Å². The lowest BCUT2D eigenvalue weighted by atomic mass is 9.97. The average molecular weight is 604 g/mol. The van der Waals surface area contributed by atoms with Crippen molar-refractivity contribution in [3.8, 4) is 5.75 Å². The number of carbonyl (C=O) groups is 1. The molecule has 18 heteroatoms. The van der Waals surface area contributed by atoms with E-state index in [1.807, 2.05) is 0 Å². The number of ether oxygens (including phenoxy) is 2. The second kappa shape index (κ2) is 11.8. The number of esters is 1. The molecule has 1 saturated heterocycles. The quantitative estimate of drug-likeness (QED) is 0.184. The number of imidazole rings is 1. The fraction of sp³-hybridized carbons (Fsp3) is 0.478. The van der Waals surface area contributed by atoms with Gasteiger partial charge >= 0.3 is 13.7 Å². The minimum Gasteiger partial charge on any atom is -0.462 e. The van der Waals surface area contributed by atoms with Gasteiger partial charge in [0, 0.05) is 0 Å². The Hall–Kier alpha value is -3.50. The maximum absolute atomic E-state index is 15.4. The predicted octanol–water partition coefficient (Wildman–Crippen LogP) is 2.07. The fourth-order valence-electron chi connectivity index (χ4n) is 4.01. The van der Waals surface area contributed by atoms with E-state index in [0.29, 0.717) is 0 Å². The number of aromatic nitrogens is 4. The van der Waals surface area contributed by atoms with Crippen molar-refractivity contribution >= 4 is 30.8 Å². The Labute approximate surface area is 230 Å². The van der Waals surface area contributed by atoms with Gasteiger partial charge in [-0.25, -0.2) is 22.7 Å². The number of halogens is 3. The summed E-state index contributed by atoms with van der Waals surface area (Å²) < 4.78 is 80.2. The maximum atomic E-state index is 15.4. The van der Waals surface area contributed by atoms with Crippen molar-refractivity contribution in [3.63, 3.8) is 0 Å². The predicted molar refractivity (Wildman–Crippen MR) is 137 cm³/mol. The normalized spacial score (nSPS) is 25.0. The van der Waals surface area contributed by atoms with Gasteiger partial charge in [0.1, 0.15) is 17.9 Å². The molecule has 224 valence electrons. The molecule has 0 radical (unpaired) electrons. The molecule has 1 aromatic carbocycles. The van der Waals surface area contributed by atoms with Crippen LogP contribution in [-0.4, -0.2) is 73.6 Å². The standard InChI is InChI=1S/C23H28F3N6O8P/c1-11(2)38-20(35)12(3)31-41(36,40-13-7-5-4-6-8-13)37-9-23(21(25)26)16(33)14(24)19(39-23)32-10-28-15-17(32)29-22(27)30-18(15)34/h4-8,10-12,14,16,19,21,33H,9H2,1-3H3,(H,31,36)(H3,27,29,30,34). The Bertz CT molecular complexity index is 1490. The molecule has 3 aromatic rings. The van der Waals surface area contributed by atoms with Crippen LogP contribution in [-0.2, 0) is 23.4 Å². The largest absolute Gasteiger partial charge is 0.462 e. The van der Waals surface area contributed by atoms with E-state index in [0.717, 1.165) is 10.9 Å². The van der Waals surface area contributed by atoms with Crippen LogP contribution in [0.5, 0.6) is 5.75 Å². The van der Waals surface area contributed by atoms with Crippen molar-refractivity contribution in [2.45, 2.75) is 63.4 Å². The molecule has 1 aliphatic rings. The van der Waals surface area contributed by atoms with E-state index in [2.05, 4.69) is 20.0 Å². The summed E-state index contributed by atoms with van der Waals surface area (Å²) in [6.07, 6.45) is -10.2. The van der Waals surface area contributed by atoms with Gasteiger partial charge in [0.05, 0.1) is 19.0 Å². The third kappa shape index (κ3) is 6.23. The van der Waals surface area contributed by atoms with Crippen molar-refractivity contribution in [2.75, 3.05) is 12.3 Å². The summed E-state index contributed by atoms with van der Waals surface area (Å²) in [7, 11) is -4.70. The maximum Gasteiger partial charge on any atom is 0.459 e. The number of hydrogen-bond acceptors (Lipinski definition) is 11. The lowest BCUT2D eigenvalue weighted by Gasteiger charge is -2.32. The van der Waals surface area contributed by atoms with Crippen LogP contribution in [0.2, 0.25) is 0 Å². The van der Waals surface area contributed by atoms with E-state index < -0.39 is 68.6 Å². The van der Waals surface area contributed by atoms with Crippen LogP contribution in [0.4, 0.5) is 19.1 Å². The van der Waals surface area contributed by atoms with Gasteiger partial charge in [0.25, 0.3) is 12.0 Å². The Morgan fingerprint density at radius 2 is 2.00 bits per heavy atom. The van der Waals surface area contributed by atoms with Gasteiger partial charge in [-0.05, 0) is 32.9 Å². The van der Waals surface area contributed by atoms with Gasteiger partial charge in [-0.1, -0.05) is 18.2 Å². The number of para-hydroxylation sites is 1. The zero-order chi connectivity index (χ0) is 30.1. The van der Waals surface area contributed by atoms with E-state index >= 15 is 4.39 Å². The molecule has 1 aliphatic heterocycles. The van der Waals surface area contributed by atoms with Crippen molar-refractivity contribution in [1.29, 1.82) is 0 Å². The number of anilines is 1. The lowest BCUT2D eigenvalue weighted by molar-refractivity contribution is -0.191. The third-order valence-electron chi connectivity index (χ3n) is 6.00. The topological polar surface area (TPSA) is 193 Å². The summed E-state index contributed by atoms with van der Waals surface area (Å²) in [6.45, 7) is 3.07. The number of nitrogen functional groups attached to an aromatic ring is 1. The molecule has 4 rings (SSSR count). The molecule has 3 heterocycles. The van der Waals surface area contributed by atoms with Gasteiger partial charge in [0.2, 0.25) is 5.95 Å². The van der Waals surface area contributed by atoms with Gasteiger partial charge < -0.3 is 24.8 Å². The minimum absolute atomic E-state index is 0.0215. The van der Waals surface area contributed by atoms with Crippen LogP contribution in [0.15, 0.2) is 41.5 Å². The highest BCUT2D eigenvalue weighted by molar-refractivity contribution is 7.52. The molecule has 6 unspecified atom stereocenters. The molecule has 0 amide bonds. The third-order valence-corrected chi connectivity index (χ3v) is 7.62. The molecule has 0 saturated carbocycles. The SMILES string of the molecule is CC(C)OC(=O)C(C)NP(=O)(OCC1(C(F)F)OC(n2cnc3c(=O)[nH]c(N)nc32)C(F)C1O)Oc1ccccc1. The number of H-pyrrole nitrogens is 1. The van der Waals surface area contributed by atoms with Crippen molar-refractivity contribution in [2.24, 2.45) is 0 Å². The summed E-state index contributed by atoms with van der Waals surface area (Å²) in [4.78, 5) is 34.3. The number of carbonyl (C=O) groups excluding carboxylic acids is 1. The van der Waals surface area contributed by atoms with Gasteiger partial charge in [-0.3, -0.25) is 23.7 Å². The minimum atomic E-state index is -4.70. The highest BCUT2D eigenvalue weighted by Crippen LogP contribution is 2.50. The Balaban J connectivity index is 1.64. The highest BCUT2D eigenvalue weighted by atomic mass is 31.2. The Kier molecular flexibility index (Phi) is 8.75. The van der Waals surface area contributed by atoms with Crippen molar-refractivity contribution in [1.82, 2.24) is 24.6 Å². The molecular weight excluding hydrogens is 576 g/mol. The molecule has 0 spiro atoms. The molecule has 5 N–H and O–H groups in total. The summed E-state index contributed by atoms with van der Waals surface area (Å²) >= 11 is 0. The number of nitrogens with zero attached hydrogens (tertiary/aromatic N) is 3. The van der Waals surface area contributed by atoms with Gasteiger partial charge in [-0.15, -0.1) is 0 Å². The molecule has 6 atom stereocenters. The molecule has 0 bridgehead atoms. The molecule has 1 fully saturated rings. The van der Waals surface area contributed by atoms with Crippen molar-refractivity contribution in [3.05, 3.63) is 47.0 Å². The fourth-order valence-corrected chi connectivity index (χ4v) is 5.54. The highest BCUT2D eigenvalue weighted by Gasteiger charge is 2.62. The number of fused-ring (bicyclic) bond motifs is 1. The van der Waals surface area contributed by atoms with E-state index in [4.69, 9.17) is 24.3 Å². The number of nitrogens with two attached hydrogens (primary N) is 1. The molecule has 0 aliphatic carbocycles. The molecule has 14 nitrogen and oxygen atoms in total. The number of aromatic amines is 1. The first kappa shape index (κ1) is 30.5. The first-order valence-electron chi connectivity index (χ1n) is 12.2. The second-order valence-corrected chi connectivity index (χ2v) is 11.1. The summed E-state index contributed by atoms with van der Waals surface area (Å²) in [5.41, 5.74) is 1.09. The Morgan fingerprint density at radius 3 is 2.63 bits per heavy atom. The zero-order valence-corrected chi connectivity index (χ0v) is 22.8. The summed E-state index contributed by atoms with van der Waals surface area (Å²) in [5, 5.41) is 13.0. The van der Waals surface area contributed by atoms with Gasteiger partial charge in [-0.2, -0.15) is 10.1 Å². The monoisotopic (exact) mass is 604 g/mol. The van der Waals surface area contributed by atoms with Gasteiger partial charge in [0.15, 0.2) is 29.2 Å². The van der Waals surface area contributed by atoms with E-state index in [1.165, 1.54) is 31.2 Å². The van der Waals surface area contributed by atoms with Crippen LogP contribution in [0.3, 0.4) is 0 Å². The van der Waals surface area contributed by atoms with E-state index in [-0.39, 0.29) is 22.9 Å². The first-order valence-corrected chi connectivity index (χ1v) is 13.8. The van der Waals surface area contributed by atoms with Crippen molar-refractivity contribution < 1.29 is 46.2 Å². The number of rotatable bonds is 11. The smallest absolute Gasteiger partial charge is 0.459 e. The average Bonchev–Trinajstić information content (AvgIpc) is 3.42. The molecule has 41 heavy (non-hydrogen) atoms. The number of aliphatic hydroxyl groups excluding tert-OH is 1. The molecular formula is C23H28F3N6O8P.